The third kappa shape index (κ3) is 3.82. The van der Waals surface area contributed by atoms with Crippen molar-refractivity contribution in [1.29, 1.82) is 0 Å². The van der Waals surface area contributed by atoms with Crippen molar-refractivity contribution in [3.05, 3.63) is 21.9 Å². The number of thiophene rings is 1. The third-order valence-electron chi connectivity index (χ3n) is 4.71. The molecule has 3 nitrogen and oxygen atoms in total. The minimum atomic E-state index is 0.263. The normalized spacial score (nSPS) is 25.7. The molecule has 0 aromatic carbocycles. The number of thioether (sulfide) groups is 1. The van der Waals surface area contributed by atoms with E-state index in [-0.39, 0.29) is 5.91 Å². The molecule has 0 radical (unpaired) electrons. The standard InChI is InChI=1S/C16H24N2OS2/c1-20-14-4-2-13(3-5-14)17-10-16(19)18-8-6-15-12(11-18)7-9-21-15/h7,9,13-14,17H,2-6,8,10-11H2,1H3. The van der Waals surface area contributed by atoms with Gasteiger partial charge >= 0.3 is 0 Å². The summed E-state index contributed by atoms with van der Waals surface area (Å²) in [5.74, 6) is 0.263. The van der Waals surface area contributed by atoms with Crippen LogP contribution in [0.25, 0.3) is 0 Å². The lowest BCUT2D eigenvalue weighted by Crippen LogP contribution is -2.44. The highest BCUT2D eigenvalue weighted by Gasteiger charge is 2.24. The quantitative estimate of drug-likeness (QED) is 0.924. The van der Waals surface area contributed by atoms with Gasteiger partial charge in [-0.15, -0.1) is 11.3 Å². The van der Waals surface area contributed by atoms with E-state index in [4.69, 9.17) is 0 Å². The zero-order valence-electron chi connectivity index (χ0n) is 12.6. The molecule has 3 rings (SSSR count). The highest BCUT2D eigenvalue weighted by atomic mass is 32.2. The summed E-state index contributed by atoms with van der Waals surface area (Å²) in [6.45, 7) is 2.19. The van der Waals surface area contributed by atoms with Gasteiger partial charge in [-0.2, -0.15) is 11.8 Å². The topological polar surface area (TPSA) is 32.3 Å². The second-order valence-corrected chi connectivity index (χ2v) is 8.16. The average Bonchev–Trinajstić information content (AvgIpc) is 3.00. The maximum absolute atomic E-state index is 12.4. The lowest BCUT2D eigenvalue weighted by Gasteiger charge is -2.30. The number of rotatable bonds is 4. The van der Waals surface area contributed by atoms with Crippen molar-refractivity contribution in [2.75, 3.05) is 19.3 Å². The van der Waals surface area contributed by atoms with Crippen molar-refractivity contribution < 1.29 is 4.79 Å². The van der Waals surface area contributed by atoms with Gasteiger partial charge in [-0.25, -0.2) is 0 Å². The molecule has 0 unspecified atom stereocenters. The number of amides is 1. The van der Waals surface area contributed by atoms with Crippen molar-refractivity contribution >= 4 is 29.0 Å². The van der Waals surface area contributed by atoms with E-state index in [2.05, 4.69) is 23.0 Å². The zero-order chi connectivity index (χ0) is 14.7. The molecule has 0 atom stereocenters. The largest absolute Gasteiger partial charge is 0.337 e. The molecule has 0 spiro atoms. The smallest absolute Gasteiger partial charge is 0.236 e. The molecule has 5 heteroatoms. The first kappa shape index (κ1) is 15.4. The summed E-state index contributed by atoms with van der Waals surface area (Å²) in [7, 11) is 0. The lowest BCUT2D eigenvalue weighted by molar-refractivity contribution is -0.131. The molecule has 21 heavy (non-hydrogen) atoms. The molecule has 1 aliphatic heterocycles. The van der Waals surface area contributed by atoms with Gasteiger partial charge in [0.25, 0.3) is 0 Å². The number of fused-ring (bicyclic) bond motifs is 1. The summed E-state index contributed by atoms with van der Waals surface area (Å²) in [5, 5.41) is 6.45. The molecule has 1 aromatic rings. The molecule has 1 aromatic heterocycles. The predicted molar refractivity (Wildman–Crippen MR) is 91.0 cm³/mol. The van der Waals surface area contributed by atoms with E-state index < -0.39 is 0 Å². The first-order valence-electron chi connectivity index (χ1n) is 7.85. The summed E-state index contributed by atoms with van der Waals surface area (Å²) in [6, 6.07) is 2.70. The van der Waals surface area contributed by atoms with Crippen LogP contribution < -0.4 is 5.32 Å². The Kier molecular flexibility index (Phi) is 5.24. The van der Waals surface area contributed by atoms with Crippen molar-refractivity contribution in [3.8, 4) is 0 Å². The Morgan fingerprint density at radius 2 is 2.24 bits per heavy atom. The van der Waals surface area contributed by atoms with Gasteiger partial charge in [0.05, 0.1) is 6.54 Å². The maximum atomic E-state index is 12.4. The van der Waals surface area contributed by atoms with Crippen LogP contribution in [-0.4, -0.2) is 41.4 Å². The molecular formula is C16H24N2OS2. The zero-order valence-corrected chi connectivity index (χ0v) is 14.3. The van der Waals surface area contributed by atoms with Gasteiger partial charge in [0.15, 0.2) is 0 Å². The summed E-state index contributed by atoms with van der Waals surface area (Å²) in [5.41, 5.74) is 1.35. The van der Waals surface area contributed by atoms with Crippen molar-refractivity contribution in [2.45, 2.75) is 49.9 Å². The molecule has 1 amide bonds. The van der Waals surface area contributed by atoms with Crippen LogP contribution in [-0.2, 0) is 17.8 Å². The Bertz CT molecular complexity index is 480. The number of nitrogens with one attached hydrogen (secondary N) is 1. The molecule has 116 valence electrons. The van der Waals surface area contributed by atoms with Gasteiger partial charge in [0, 0.05) is 29.3 Å². The molecule has 2 aliphatic rings. The number of nitrogens with zero attached hydrogens (tertiary/aromatic N) is 1. The van der Waals surface area contributed by atoms with E-state index >= 15 is 0 Å². The first-order valence-corrected chi connectivity index (χ1v) is 10.0. The van der Waals surface area contributed by atoms with Crippen LogP contribution in [0.2, 0.25) is 0 Å². The third-order valence-corrected chi connectivity index (χ3v) is 6.87. The monoisotopic (exact) mass is 324 g/mol. The van der Waals surface area contributed by atoms with Gasteiger partial charge in [-0.3, -0.25) is 4.79 Å². The molecule has 2 heterocycles. The van der Waals surface area contributed by atoms with Crippen LogP contribution in [0.3, 0.4) is 0 Å². The van der Waals surface area contributed by atoms with E-state index in [0.717, 1.165) is 24.8 Å². The average molecular weight is 325 g/mol. The fourth-order valence-electron chi connectivity index (χ4n) is 3.31. The van der Waals surface area contributed by atoms with Gasteiger partial charge in [-0.1, -0.05) is 0 Å². The SMILES string of the molecule is CSC1CCC(NCC(=O)N2CCc3sccc3C2)CC1. The molecule has 0 saturated heterocycles. The van der Waals surface area contributed by atoms with Crippen LogP contribution in [0, 0.1) is 0 Å². The van der Waals surface area contributed by atoms with Gasteiger partial charge < -0.3 is 10.2 Å². The van der Waals surface area contributed by atoms with Gasteiger partial charge in [0.1, 0.15) is 0 Å². The Morgan fingerprint density at radius 3 is 3.00 bits per heavy atom. The van der Waals surface area contributed by atoms with E-state index in [9.17, 15) is 4.79 Å². The number of hydrogen-bond donors (Lipinski definition) is 1. The lowest BCUT2D eigenvalue weighted by atomic mass is 9.95. The molecular weight excluding hydrogens is 300 g/mol. The minimum absolute atomic E-state index is 0.263. The summed E-state index contributed by atoms with van der Waals surface area (Å²) >= 11 is 3.81. The number of carbonyl (C=O) groups excluding carboxylic acids is 1. The minimum Gasteiger partial charge on any atom is -0.337 e. The van der Waals surface area contributed by atoms with Crippen molar-refractivity contribution in [3.63, 3.8) is 0 Å². The fraction of sp³-hybridized carbons (Fsp3) is 0.688. The Balaban J connectivity index is 1.43. The Morgan fingerprint density at radius 1 is 1.43 bits per heavy atom. The Labute approximate surface area is 135 Å². The number of carbonyl (C=O) groups is 1. The van der Waals surface area contributed by atoms with Crippen LogP contribution >= 0.6 is 23.1 Å². The number of hydrogen-bond acceptors (Lipinski definition) is 4. The fourth-order valence-corrected chi connectivity index (χ4v) is 4.94. The van der Waals surface area contributed by atoms with Gasteiger partial charge in [-0.05, 0) is 55.4 Å². The van der Waals surface area contributed by atoms with Gasteiger partial charge in [0.2, 0.25) is 5.91 Å². The first-order chi connectivity index (χ1) is 10.3. The van der Waals surface area contributed by atoms with E-state index in [1.807, 2.05) is 28.0 Å². The van der Waals surface area contributed by atoms with Crippen molar-refractivity contribution in [2.24, 2.45) is 0 Å². The predicted octanol–water partition coefficient (Wildman–Crippen LogP) is 2.90. The molecule has 1 aliphatic carbocycles. The molecule has 0 bridgehead atoms. The van der Waals surface area contributed by atoms with Crippen LogP contribution in [0.1, 0.15) is 36.1 Å². The van der Waals surface area contributed by atoms with Crippen molar-refractivity contribution in [1.82, 2.24) is 10.2 Å². The summed E-state index contributed by atoms with van der Waals surface area (Å²) < 4.78 is 0. The van der Waals surface area contributed by atoms with Crippen LogP contribution in [0.5, 0.6) is 0 Å². The maximum Gasteiger partial charge on any atom is 0.236 e. The second-order valence-electron chi connectivity index (χ2n) is 6.02. The van der Waals surface area contributed by atoms with Crippen LogP contribution in [0.4, 0.5) is 0 Å². The van der Waals surface area contributed by atoms with Crippen LogP contribution in [0.15, 0.2) is 11.4 Å². The molecule has 1 N–H and O–H groups in total. The highest BCUT2D eigenvalue weighted by molar-refractivity contribution is 7.99. The second kappa shape index (κ2) is 7.16. The van der Waals surface area contributed by atoms with E-state index in [0.29, 0.717) is 12.6 Å². The molecule has 1 fully saturated rings. The summed E-state index contributed by atoms with van der Waals surface area (Å²) in [4.78, 5) is 15.8. The molecule has 1 saturated carbocycles. The highest BCUT2D eigenvalue weighted by Crippen LogP contribution is 2.27. The van der Waals surface area contributed by atoms with E-state index in [1.54, 1.807) is 0 Å². The summed E-state index contributed by atoms with van der Waals surface area (Å²) in [6.07, 6.45) is 8.24. The Hall–Kier alpha value is -0.520. The van der Waals surface area contributed by atoms with E-state index in [1.165, 1.54) is 36.1 Å².